The van der Waals surface area contributed by atoms with Gasteiger partial charge in [0.1, 0.15) is 17.6 Å². The molecule has 3 rings (SSSR count). The van der Waals surface area contributed by atoms with Crippen molar-refractivity contribution < 1.29 is 23.8 Å². The van der Waals surface area contributed by atoms with Crippen LogP contribution in [0.3, 0.4) is 0 Å². The lowest BCUT2D eigenvalue weighted by atomic mass is 10.2. The number of carbonyl (C=O) groups is 2. The van der Waals surface area contributed by atoms with Crippen LogP contribution < -0.4 is 11.4 Å². The highest BCUT2D eigenvalue weighted by Crippen LogP contribution is 2.36. The summed E-state index contributed by atoms with van der Waals surface area (Å²) in [5, 5.41) is 0. The van der Waals surface area contributed by atoms with E-state index in [9.17, 15) is 14.4 Å². The molecule has 2 heterocycles. The Morgan fingerprint density at radius 3 is 2.61 bits per heavy atom. The zero-order valence-corrected chi connectivity index (χ0v) is 19.8. The van der Waals surface area contributed by atoms with Crippen LogP contribution in [0.25, 0.3) is 0 Å². The van der Waals surface area contributed by atoms with Gasteiger partial charge in [0.2, 0.25) is 6.23 Å². The van der Waals surface area contributed by atoms with Crippen molar-refractivity contribution in [3.8, 4) is 0 Å². The number of ether oxygens (including phenoxy) is 3. The van der Waals surface area contributed by atoms with Gasteiger partial charge in [-0.1, -0.05) is 30.3 Å². The molecule has 178 valence electrons. The maximum atomic E-state index is 13.2. The fraction of sp³-hybridized carbons (Fsp3) is 0.455. The monoisotopic (exact) mass is 476 g/mol. The van der Waals surface area contributed by atoms with Gasteiger partial charge in [-0.2, -0.15) is 4.98 Å². The Morgan fingerprint density at radius 2 is 2.00 bits per heavy atom. The normalized spacial score (nSPS) is 19.0. The summed E-state index contributed by atoms with van der Waals surface area (Å²) in [6.45, 7) is 6.65. The molecule has 0 saturated carbocycles. The third kappa shape index (κ3) is 6.72. The molecule has 1 saturated heterocycles. The number of hydrogen-bond acceptors (Lipinski definition) is 9. The molecule has 1 aliphatic heterocycles. The fourth-order valence-corrected chi connectivity index (χ4v) is 4.31. The van der Waals surface area contributed by atoms with E-state index in [1.807, 2.05) is 30.3 Å². The molecule has 1 aliphatic rings. The Bertz CT molecular complexity index is 1040. The minimum atomic E-state index is -1.09. The van der Waals surface area contributed by atoms with Crippen molar-refractivity contribution in [3.05, 3.63) is 58.6 Å². The van der Waals surface area contributed by atoms with E-state index in [0.717, 1.165) is 5.56 Å². The third-order valence-electron chi connectivity index (χ3n) is 4.51. The van der Waals surface area contributed by atoms with E-state index in [2.05, 4.69) is 4.98 Å². The minimum absolute atomic E-state index is 0.107. The standard InChI is InChI=1S/C22H28N4O6S/c1-14(27)30-18(19-31-17(13-33-19)25-11-10-16(23)24-20(25)28)26(21(29)32-22(2,3)4)12-15-8-6-5-7-9-15/h5-11,17-19H,12-13H2,1-4H3,(H2,23,24,28). The first-order valence-electron chi connectivity index (χ1n) is 10.4. The summed E-state index contributed by atoms with van der Waals surface area (Å²) in [7, 11) is 0. The summed E-state index contributed by atoms with van der Waals surface area (Å²) in [5.41, 5.74) is 4.30. The molecular weight excluding hydrogens is 448 g/mol. The molecule has 1 fully saturated rings. The first-order chi connectivity index (χ1) is 15.5. The molecule has 0 bridgehead atoms. The lowest BCUT2D eigenvalue weighted by molar-refractivity contribution is -0.169. The molecule has 0 radical (unpaired) electrons. The molecular formula is C22H28N4O6S. The predicted octanol–water partition coefficient (Wildman–Crippen LogP) is 2.74. The van der Waals surface area contributed by atoms with Crippen LogP contribution >= 0.6 is 11.8 Å². The van der Waals surface area contributed by atoms with Crippen molar-refractivity contribution in [1.82, 2.24) is 14.5 Å². The Kier molecular flexibility index (Phi) is 7.65. The highest BCUT2D eigenvalue weighted by atomic mass is 32.2. The molecule has 11 heteroatoms. The zero-order chi connectivity index (χ0) is 24.2. The second kappa shape index (κ2) is 10.3. The number of nitrogens with two attached hydrogens (primary N) is 1. The summed E-state index contributed by atoms with van der Waals surface area (Å²) < 4.78 is 18.5. The van der Waals surface area contributed by atoms with Gasteiger partial charge in [-0.3, -0.25) is 14.3 Å². The minimum Gasteiger partial charge on any atom is -0.444 e. The maximum Gasteiger partial charge on any atom is 0.413 e. The van der Waals surface area contributed by atoms with Crippen molar-refractivity contribution in [3.63, 3.8) is 0 Å². The van der Waals surface area contributed by atoms with Crippen molar-refractivity contribution in [2.45, 2.75) is 57.7 Å². The second-order valence-electron chi connectivity index (χ2n) is 8.43. The number of benzene rings is 1. The van der Waals surface area contributed by atoms with Crippen LogP contribution in [0.1, 0.15) is 39.5 Å². The van der Waals surface area contributed by atoms with Gasteiger partial charge < -0.3 is 19.9 Å². The smallest absolute Gasteiger partial charge is 0.413 e. The van der Waals surface area contributed by atoms with Crippen molar-refractivity contribution >= 4 is 29.6 Å². The number of hydrogen-bond donors (Lipinski definition) is 1. The van der Waals surface area contributed by atoms with Gasteiger partial charge in [0.15, 0.2) is 5.44 Å². The first kappa shape index (κ1) is 24.6. The van der Waals surface area contributed by atoms with Gasteiger partial charge >= 0.3 is 17.8 Å². The Labute approximate surface area is 196 Å². The topological polar surface area (TPSA) is 126 Å². The number of nitrogen functional groups attached to an aromatic ring is 1. The SMILES string of the molecule is CC(=O)OC(C1OC(n2ccc(N)nc2=O)CS1)N(Cc1ccccc1)C(=O)OC(C)(C)C. The summed E-state index contributed by atoms with van der Waals surface area (Å²) in [6, 6.07) is 10.8. The van der Waals surface area contributed by atoms with Crippen molar-refractivity contribution in [2.75, 3.05) is 11.5 Å². The molecule has 1 aromatic heterocycles. The van der Waals surface area contributed by atoms with Crippen LogP contribution in [0.4, 0.5) is 10.6 Å². The number of rotatable bonds is 6. The molecule has 2 aromatic rings. The van der Waals surface area contributed by atoms with E-state index >= 15 is 0 Å². The average Bonchev–Trinajstić information content (AvgIpc) is 3.19. The van der Waals surface area contributed by atoms with E-state index in [1.54, 1.807) is 20.8 Å². The molecule has 1 aromatic carbocycles. The number of anilines is 1. The molecule has 0 aliphatic carbocycles. The molecule has 2 N–H and O–H groups in total. The van der Waals surface area contributed by atoms with Crippen LogP contribution in [-0.2, 0) is 25.5 Å². The zero-order valence-electron chi connectivity index (χ0n) is 19.0. The number of amides is 1. The van der Waals surface area contributed by atoms with Crippen molar-refractivity contribution in [2.24, 2.45) is 0 Å². The van der Waals surface area contributed by atoms with Gasteiger partial charge in [0.05, 0.1) is 6.54 Å². The summed E-state index contributed by atoms with van der Waals surface area (Å²) in [5.74, 6) is -0.0997. The quantitative estimate of drug-likeness (QED) is 0.495. The van der Waals surface area contributed by atoms with Crippen molar-refractivity contribution in [1.29, 1.82) is 0 Å². The predicted molar refractivity (Wildman–Crippen MR) is 123 cm³/mol. The average molecular weight is 477 g/mol. The van der Waals surface area contributed by atoms with Gasteiger partial charge in [0.25, 0.3) is 0 Å². The van der Waals surface area contributed by atoms with Gasteiger partial charge in [-0.15, -0.1) is 11.8 Å². The van der Waals surface area contributed by atoms with Crippen LogP contribution in [0.15, 0.2) is 47.4 Å². The fourth-order valence-electron chi connectivity index (χ4n) is 3.15. The van der Waals surface area contributed by atoms with Crippen LogP contribution in [0.2, 0.25) is 0 Å². The van der Waals surface area contributed by atoms with E-state index in [0.29, 0.717) is 5.75 Å². The number of nitrogens with zero attached hydrogens (tertiary/aromatic N) is 3. The van der Waals surface area contributed by atoms with Gasteiger partial charge in [-0.05, 0) is 32.4 Å². The highest BCUT2D eigenvalue weighted by Gasteiger charge is 2.42. The van der Waals surface area contributed by atoms with Crippen LogP contribution in [-0.4, -0.2) is 49.5 Å². The summed E-state index contributed by atoms with van der Waals surface area (Å²) >= 11 is 1.31. The Hall–Kier alpha value is -3.05. The van der Waals surface area contributed by atoms with Crippen LogP contribution in [0.5, 0.6) is 0 Å². The number of carbonyl (C=O) groups excluding carboxylic acids is 2. The Balaban J connectivity index is 1.90. The summed E-state index contributed by atoms with van der Waals surface area (Å²) in [4.78, 5) is 42.4. The van der Waals surface area contributed by atoms with Crippen LogP contribution in [0, 0.1) is 0 Å². The third-order valence-corrected chi connectivity index (χ3v) is 5.66. The lowest BCUT2D eigenvalue weighted by Crippen LogP contribution is -2.49. The number of thioether (sulfide) groups is 1. The Morgan fingerprint density at radius 1 is 1.30 bits per heavy atom. The second-order valence-corrected chi connectivity index (χ2v) is 9.56. The molecule has 3 atom stereocenters. The molecule has 10 nitrogen and oxygen atoms in total. The maximum absolute atomic E-state index is 13.2. The molecule has 3 unspecified atom stereocenters. The van der Waals surface area contributed by atoms with Gasteiger partial charge in [-0.25, -0.2) is 9.59 Å². The largest absolute Gasteiger partial charge is 0.444 e. The molecule has 0 spiro atoms. The van der Waals surface area contributed by atoms with E-state index < -0.39 is 41.2 Å². The summed E-state index contributed by atoms with van der Waals surface area (Å²) in [6.07, 6.45) is -0.924. The van der Waals surface area contributed by atoms with Gasteiger partial charge in [0, 0.05) is 18.9 Å². The lowest BCUT2D eigenvalue weighted by Gasteiger charge is -2.35. The number of aromatic nitrogens is 2. The molecule has 1 amide bonds. The van der Waals surface area contributed by atoms with E-state index in [1.165, 1.54) is 40.4 Å². The van der Waals surface area contributed by atoms with E-state index in [-0.39, 0.29) is 12.4 Å². The molecule has 33 heavy (non-hydrogen) atoms. The number of esters is 1. The highest BCUT2D eigenvalue weighted by molar-refractivity contribution is 8.00. The first-order valence-corrected chi connectivity index (χ1v) is 11.4. The van der Waals surface area contributed by atoms with E-state index in [4.69, 9.17) is 19.9 Å².